The molecule has 2 aromatic carbocycles. The highest BCUT2D eigenvalue weighted by Gasteiger charge is 2.19. The highest BCUT2D eigenvalue weighted by atomic mass is 35.5. The molecule has 7 heteroatoms. The summed E-state index contributed by atoms with van der Waals surface area (Å²) in [6, 6.07) is 14.3. The summed E-state index contributed by atoms with van der Waals surface area (Å²) in [4.78, 5) is 23.1. The number of hydrogen-bond acceptors (Lipinski definition) is 4. The highest BCUT2D eigenvalue weighted by Crippen LogP contribution is 2.14. The molecule has 2 rings (SSSR count). The number of anilines is 1. The van der Waals surface area contributed by atoms with E-state index >= 15 is 0 Å². The first-order chi connectivity index (χ1) is 13.3. The van der Waals surface area contributed by atoms with Crippen LogP contribution < -0.4 is 5.32 Å². The third kappa shape index (κ3) is 7.58. The lowest BCUT2D eigenvalue weighted by atomic mass is 10.0. The second-order valence-corrected chi connectivity index (χ2v) is 6.99. The van der Waals surface area contributed by atoms with Crippen molar-refractivity contribution < 1.29 is 24.2 Å². The molecule has 6 nitrogen and oxygen atoms in total. The summed E-state index contributed by atoms with van der Waals surface area (Å²) >= 11 is 5.80. The minimum Gasteiger partial charge on any atom is -0.479 e. The van der Waals surface area contributed by atoms with Crippen LogP contribution >= 0.6 is 11.6 Å². The van der Waals surface area contributed by atoms with Crippen LogP contribution in [0.4, 0.5) is 10.5 Å². The van der Waals surface area contributed by atoms with E-state index in [1.807, 2.05) is 38.1 Å². The van der Waals surface area contributed by atoms with E-state index in [9.17, 15) is 14.7 Å². The van der Waals surface area contributed by atoms with Crippen LogP contribution in [-0.4, -0.2) is 36.0 Å². The number of carbonyl (C=O) groups excluding carboxylic acids is 1. The van der Waals surface area contributed by atoms with E-state index in [1.54, 1.807) is 24.3 Å². The first kappa shape index (κ1) is 21.7. The van der Waals surface area contributed by atoms with Gasteiger partial charge in [0.15, 0.2) is 6.10 Å². The summed E-state index contributed by atoms with van der Waals surface area (Å²) in [5.74, 6) is -0.974. The molecule has 28 heavy (non-hydrogen) atoms. The summed E-state index contributed by atoms with van der Waals surface area (Å²) in [7, 11) is 0. The normalized spacial score (nSPS) is 11.9. The summed E-state index contributed by atoms with van der Waals surface area (Å²) in [6.45, 7) is 3.84. The van der Waals surface area contributed by atoms with Crippen LogP contribution in [-0.2, 0) is 27.1 Å². The molecule has 0 aromatic heterocycles. The monoisotopic (exact) mass is 405 g/mol. The number of carboxylic acid groups (broad SMARTS) is 1. The van der Waals surface area contributed by atoms with E-state index in [1.165, 1.54) is 0 Å². The molecule has 0 heterocycles. The minimum absolute atomic E-state index is 0.156. The van der Waals surface area contributed by atoms with Gasteiger partial charge >= 0.3 is 12.1 Å². The Hall–Kier alpha value is -2.57. The Morgan fingerprint density at radius 3 is 2.21 bits per heavy atom. The zero-order chi connectivity index (χ0) is 20.5. The van der Waals surface area contributed by atoms with Crippen LogP contribution in [0, 0.1) is 0 Å². The van der Waals surface area contributed by atoms with Crippen molar-refractivity contribution in [3.8, 4) is 0 Å². The van der Waals surface area contributed by atoms with Crippen LogP contribution in [0.2, 0.25) is 5.02 Å². The Balaban J connectivity index is 1.78. The number of amides is 1. The largest absolute Gasteiger partial charge is 0.479 e. The number of carboxylic acids is 1. The first-order valence-corrected chi connectivity index (χ1v) is 9.36. The fraction of sp³-hybridized carbons (Fsp3) is 0.333. The Kier molecular flexibility index (Phi) is 8.29. The quantitative estimate of drug-likeness (QED) is 0.639. The number of nitrogens with one attached hydrogen (secondary N) is 1. The van der Waals surface area contributed by atoms with Crippen molar-refractivity contribution in [3.63, 3.8) is 0 Å². The topological polar surface area (TPSA) is 84.9 Å². The lowest BCUT2D eigenvalue weighted by molar-refractivity contribution is -0.153. The van der Waals surface area contributed by atoms with Crippen LogP contribution in [0.3, 0.4) is 0 Å². The van der Waals surface area contributed by atoms with Gasteiger partial charge in [0, 0.05) is 23.6 Å². The molecule has 0 saturated heterocycles. The third-order valence-electron chi connectivity index (χ3n) is 3.87. The molecule has 0 bridgehead atoms. The van der Waals surface area contributed by atoms with Crippen LogP contribution in [0.1, 0.15) is 25.0 Å². The molecule has 0 spiro atoms. The first-order valence-electron chi connectivity index (χ1n) is 8.99. The van der Waals surface area contributed by atoms with Gasteiger partial charge in [0.25, 0.3) is 0 Å². The number of aliphatic carboxylic acids is 1. The molecule has 0 aliphatic carbocycles. The smallest absolute Gasteiger partial charge is 0.411 e. The van der Waals surface area contributed by atoms with Gasteiger partial charge in [0.05, 0.1) is 12.7 Å². The number of rotatable bonds is 9. The number of ether oxygens (including phenoxy) is 2. The van der Waals surface area contributed by atoms with E-state index in [4.69, 9.17) is 21.1 Å². The summed E-state index contributed by atoms with van der Waals surface area (Å²) in [5.41, 5.74) is 2.47. The zero-order valence-electron chi connectivity index (χ0n) is 15.9. The molecule has 0 radical (unpaired) electrons. The van der Waals surface area contributed by atoms with Gasteiger partial charge in [0.2, 0.25) is 0 Å². The summed E-state index contributed by atoms with van der Waals surface area (Å²) in [5, 5.41) is 12.5. The third-order valence-corrected chi connectivity index (χ3v) is 4.12. The van der Waals surface area contributed by atoms with Gasteiger partial charge in [-0.1, -0.05) is 35.9 Å². The van der Waals surface area contributed by atoms with Crippen molar-refractivity contribution in [2.75, 3.05) is 11.9 Å². The molecule has 2 N–H and O–H groups in total. The van der Waals surface area contributed by atoms with Crippen molar-refractivity contribution >= 4 is 29.4 Å². The molecular weight excluding hydrogens is 382 g/mol. The van der Waals surface area contributed by atoms with Gasteiger partial charge < -0.3 is 14.6 Å². The Labute approximate surface area is 169 Å². The number of benzene rings is 2. The Morgan fingerprint density at radius 2 is 1.64 bits per heavy atom. The molecule has 0 fully saturated rings. The van der Waals surface area contributed by atoms with E-state index < -0.39 is 18.2 Å². The average Bonchev–Trinajstić information content (AvgIpc) is 2.64. The van der Waals surface area contributed by atoms with Gasteiger partial charge in [-0.15, -0.1) is 0 Å². The molecule has 0 aliphatic rings. The second kappa shape index (κ2) is 10.7. The molecule has 150 valence electrons. The van der Waals surface area contributed by atoms with Crippen molar-refractivity contribution in [1.82, 2.24) is 0 Å². The van der Waals surface area contributed by atoms with Gasteiger partial charge in [0.1, 0.15) is 0 Å². The molecule has 0 aliphatic heterocycles. The van der Waals surface area contributed by atoms with E-state index in [-0.39, 0.29) is 12.7 Å². The lowest BCUT2D eigenvalue weighted by Gasteiger charge is -2.16. The SMILES string of the molecule is CC(C)OC(Cc1ccc(CCOC(=O)Nc2ccc(Cl)cc2)cc1)C(=O)O. The lowest BCUT2D eigenvalue weighted by Crippen LogP contribution is -2.29. The molecule has 0 saturated carbocycles. The number of hydrogen-bond donors (Lipinski definition) is 2. The molecule has 1 atom stereocenters. The van der Waals surface area contributed by atoms with E-state index in [0.717, 1.165) is 11.1 Å². The predicted octanol–water partition coefficient (Wildman–Crippen LogP) is 4.55. The van der Waals surface area contributed by atoms with Crippen molar-refractivity contribution in [2.24, 2.45) is 0 Å². The maximum Gasteiger partial charge on any atom is 0.411 e. The number of halogens is 1. The van der Waals surface area contributed by atoms with Crippen molar-refractivity contribution in [2.45, 2.75) is 38.9 Å². The maximum absolute atomic E-state index is 11.8. The number of carbonyl (C=O) groups is 2. The van der Waals surface area contributed by atoms with Crippen LogP contribution in [0.25, 0.3) is 0 Å². The van der Waals surface area contributed by atoms with Gasteiger partial charge in [-0.3, -0.25) is 5.32 Å². The fourth-order valence-corrected chi connectivity index (χ4v) is 2.65. The van der Waals surface area contributed by atoms with Crippen molar-refractivity contribution in [3.05, 3.63) is 64.7 Å². The van der Waals surface area contributed by atoms with Crippen LogP contribution in [0.5, 0.6) is 0 Å². The van der Waals surface area contributed by atoms with Crippen molar-refractivity contribution in [1.29, 1.82) is 0 Å². The van der Waals surface area contributed by atoms with Gasteiger partial charge in [-0.2, -0.15) is 0 Å². The van der Waals surface area contributed by atoms with Crippen LogP contribution in [0.15, 0.2) is 48.5 Å². The van der Waals surface area contributed by atoms with E-state index in [2.05, 4.69) is 5.32 Å². The fourth-order valence-electron chi connectivity index (χ4n) is 2.53. The predicted molar refractivity (Wildman–Crippen MR) is 108 cm³/mol. The van der Waals surface area contributed by atoms with Gasteiger partial charge in [-0.25, -0.2) is 9.59 Å². The average molecular weight is 406 g/mol. The standard InChI is InChI=1S/C21H24ClNO5/c1-14(2)28-19(20(24)25)13-16-5-3-15(4-6-16)11-12-27-21(26)23-18-9-7-17(22)8-10-18/h3-10,14,19H,11-13H2,1-2H3,(H,23,26)(H,24,25). The zero-order valence-corrected chi connectivity index (χ0v) is 16.6. The second-order valence-electron chi connectivity index (χ2n) is 6.55. The molecule has 2 aromatic rings. The maximum atomic E-state index is 11.8. The molecule has 1 amide bonds. The highest BCUT2D eigenvalue weighted by molar-refractivity contribution is 6.30. The van der Waals surface area contributed by atoms with E-state index in [0.29, 0.717) is 23.6 Å². The Bertz CT molecular complexity index is 774. The van der Waals surface area contributed by atoms with Gasteiger partial charge in [-0.05, 0) is 49.2 Å². The Morgan fingerprint density at radius 1 is 1.04 bits per heavy atom. The molecular formula is C21H24ClNO5. The minimum atomic E-state index is -0.974. The summed E-state index contributed by atoms with van der Waals surface area (Å²) < 4.78 is 10.6. The molecule has 1 unspecified atom stereocenters. The summed E-state index contributed by atoms with van der Waals surface area (Å²) in [6.07, 6.45) is -0.705.